The highest BCUT2D eigenvalue weighted by Gasteiger charge is 2.34. The van der Waals surface area contributed by atoms with Crippen LogP contribution in [0, 0.1) is 6.92 Å². The Morgan fingerprint density at radius 2 is 1.90 bits per heavy atom. The molecule has 1 atom stereocenters. The van der Waals surface area contributed by atoms with Crippen molar-refractivity contribution < 1.29 is 14.1 Å². The zero-order valence-corrected chi connectivity index (χ0v) is 16.8. The van der Waals surface area contributed by atoms with E-state index in [9.17, 15) is 4.79 Å². The molecule has 0 radical (unpaired) electrons. The third-order valence-corrected chi connectivity index (χ3v) is 5.22. The third kappa shape index (κ3) is 4.47. The number of rotatable bonds is 7. The maximum Gasteiger partial charge on any atom is 0.232 e. The van der Waals surface area contributed by atoms with Crippen LogP contribution < -0.4 is 4.74 Å². The summed E-state index contributed by atoms with van der Waals surface area (Å²) >= 11 is 0. The first kappa shape index (κ1) is 19.2. The van der Waals surface area contributed by atoms with E-state index in [1.807, 2.05) is 36.1 Å². The number of hydrogen-bond donors (Lipinski definition) is 0. The van der Waals surface area contributed by atoms with Gasteiger partial charge in [-0.3, -0.25) is 4.79 Å². The second-order valence-corrected chi connectivity index (χ2v) is 7.39. The molecule has 0 saturated carbocycles. The van der Waals surface area contributed by atoms with Gasteiger partial charge in [-0.05, 0) is 50.1 Å². The van der Waals surface area contributed by atoms with Crippen LogP contribution in [-0.4, -0.2) is 40.6 Å². The Labute approximate surface area is 170 Å². The van der Waals surface area contributed by atoms with Crippen LogP contribution in [0.15, 0.2) is 53.1 Å². The van der Waals surface area contributed by atoms with Gasteiger partial charge in [0.2, 0.25) is 17.6 Å². The number of benzene rings is 2. The van der Waals surface area contributed by atoms with E-state index in [1.54, 1.807) is 0 Å². The molecular weight excluding hydrogens is 366 g/mol. The fraction of sp³-hybridized carbons (Fsp3) is 0.348. The Kier molecular flexibility index (Phi) is 5.60. The lowest BCUT2D eigenvalue weighted by atomic mass is 10.1. The highest BCUT2D eigenvalue weighted by Crippen LogP contribution is 2.29. The van der Waals surface area contributed by atoms with E-state index in [0.717, 1.165) is 17.7 Å². The maximum absolute atomic E-state index is 12.4. The van der Waals surface area contributed by atoms with E-state index in [0.29, 0.717) is 37.8 Å². The summed E-state index contributed by atoms with van der Waals surface area (Å²) in [7, 11) is 0. The smallest absolute Gasteiger partial charge is 0.232 e. The minimum Gasteiger partial charge on any atom is -0.494 e. The molecule has 2 aromatic carbocycles. The SMILES string of the molecule is CCOc1ccc(-c2noc(C3CC(=O)N(CCc4ccc(C)cc4)C3)n2)cc1. The Hall–Kier alpha value is -3.15. The van der Waals surface area contributed by atoms with Crippen molar-refractivity contribution in [2.45, 2.75) is 32.6 Å². The molecule has 4 rings (SSSR count). The number of ether oxygens (including phenoxy) is 1. The van der Waals surface area contributed by atoms with Gasteiger partial charge in [0, 0.05) is 25.1 Å². The van der Waals surface area contributed by atoms with Crippen LogP contribution in [0.1, 0.15) is 36.3 Å². The van der Waals surface area contributed by atoms with Gasteiger partial charge < -0.3 is 14.2 Å². The number of amides is 1. The lowest BCUT2D eigenvalue weighted by Crippen LogP contribution is -2.27. The second-order valence-electron chi connectivity index (χ2n) is 7.39. The number of aromatic nitrogens is 2. The molecule has 1 fully saturated rings. The number of carbonyl (C=O) groups is 1. The maximum atomic E-state index is 12.4. The quantitative estimate of drug-likeness (QED) is 0.609. The fourth-order valence-electron chi connectivity index (χ4n) is 3.56. The molecule has 2 heterocycles. The molecule has 1 aliphatic rings. The number of hydrogen-bond acceptors (Lipinski definition) is 5. The van der Waals surface area contributed by atoms with Crippen molar-refractivity contribution in [1.29, 1.82) is 0 Å². The van der Waals surface area contributed by atoms with E-state index in [1.165, 1.54) is 11.1 Å². The summed E-state index contributed by atoms with van der Waals surface area (Å²) in [5.74, 6) is 1.96. The van der Waals surface area contributed by atoms with Gasteiger partial charge in [-0.15, -0.1) is 0 Å². The van der Waals surface area contributed by atoms with E-state index in [4.69, 9.17) is 9.26 Å². The van der Waals surface area contributed by atoms with Crippen LogP contribution in [0.4, 0.5) is 0 Å². The van der Waals surface area contributed by atoms with Crippen molar-refractivity contribution in [3.63, 3.8) is 0 Å². The van der Waals surface area contributed by atoms with Gasteiger partial charge in [-0.1, -0.05) is 35.0 Å². The molecular formula is C23H25N3O3. The van der Waals surface area contributed by atoms with Gasteiger partial charge >= 0.3 is 0 Å². The molecule has 29 heavy (non-hydrogen) atoms. The molecule has 0 N–H and O–H groups in total. The van der Waals surface area contributed by atoms with Crippen molar-refractivity contribution in [1.82, 2.24) is 15.0 Å². The first-order valence-corrected chi connectivity index (χ1v) is 10.0. The molecule has 1 unspecified atom stereocenters. The van der Waals surface area contributed by atoms with Gasteiger partial charge in [-0.2, -0.15) is 4.98 Å². The monoisotopic (exact) mass is 391 g/mol. The summed E-state index contributed by atoms with van der Waals surface area (Å²) in [5.41, 5.74) is 3.34. The van der Waals surface area contributed by atoms with E-state index in [-0.39, 0.29) is 11.8 Å². The number of nitrogens with zero attached hydrogens (tertiary/aromatic N) is 3. The van der Waals surface area contributed by atoms with Crippen LogP contribution in [0.5, 0.6) is 5.75 Å². The lowest BCUT2D eigenvalue weighted by molar-refractivity contribution is -0.127. The minimum absolute atomic E-state index is 0.0514. The first-order chi connectivity index (χ1) is 14.1. The molecule has 1 amide bonds. The average molecular weight is 391 g/mol. The van der Waals surface area contributed by atoms with Crippen LogP contribution in [-0.2, 0) is 11.2 Å². The number of aryl methyl sites for hydroxylation is 1. The van der Waals surface area contributed by atoms with Crippen LogP contribution in [0.3, 0.4) is 0 Å². The number of likely N-dealkylation sites (tertiary alicyclic amines) is 1. The molecule has 6 heteroatoms. The first-order valence-electron chi connectivity index (χ1n) is 10.0. The summed E-state index contributed by atoms with van der Waals surface area (Å²) in [6.07, 6.45) is 1.26. The zero-order chi connectivity index (χ0) is 20.2. The van der Waals surface area contributed by atoms with Crippen LogP contribution in [0.25, 0.3) is 11.4 Å². The van der Waals surface area contributed by atoms with Gasteiger partial charge in [0.1, 0.15) is 5.75 Å². The minimum atomic E-state index is -0.0514. The van der Waals surface area contributed by atoms with Gasteiger partial charge in [0.15, 0.2) is 0 Å². The van der Waals surface area contributed by atoms with Gasteiger partial charge in [0.05, 0.1) is 12.5 Å². The van der Waals surface area contributed by atoms with Crippen molar-refractivity contribution in [2.24, 2.45) is 0 Å². The highest BCUT2D eigenvalue weighted by atomic mass is 16.5. The zero-order valence-electron chi connectivity index (χ0n) is 16.8. The second kappa shape index (κ2) is 8.47. The Morgan fingerprint density at radius 3 is 2.62 bits per heavy atom. The van der Waals surface area contributed by atoms with Crippen molar-refractivity contribution in [3.05, 3.63) is 65.5 Å². The molecule has 1 aliphatic heterocycles. The summed E-state index contributed by atoms with van der Waals surface area (Å²) in [6.45, 7) is 5.98. The highest BCUT2D eigenvalue weighted by molar-refractivity contribution is 5.79. The molecule has 0 aliphatic carbocycles. The Morgan fingerprint density at radius 1 is 1.14 bits per heavy atom. The van der Waals surface area contributed by atoms with Crippen molar-refractivity contribution in [2.75, 3.05) is 19.7 Å². The Bertz CT molecular complexity index is 964. The molecule has 150 valence electrons. The van der Waals surface area contributed by atoms with Crippen molar-refractivity contribution >= 4 is 5.91 Å². The predicted molar refractivity (Wildman–Crippen MR) is 110 cm³/mol. The molecule has 0 spiro atoms. The summed E-state index contributed by atoms with van der Waals surface area (Å²) < 4.78 is 10.9. The summed E-state index contributed by atoms with van der Waals surface area (Å²) in [6, 6.07) is 16.0. The normalized spacial score (nSPS) is 16.4. The standard InChI is InChI=1S/C23H25N3O3/c1-3-28-20-10-8-18(9-11-20)22-24-23(29-25-22)19-14-21(27)26(15-19)13-12-17-6-4-16(2)5-7-17/h4-11,19H,3,12-15H2,1-2H3. The molecule has 0 bridgehead atoms. The topological polar surface area (TPSA) is 68.5 Å². The molecule has 1 aromatic heterocycles. The van der Waals surface area contributed by atoms with E-state index in [2.05, 4.69) is 41.3 Å². The number of carbonyl (C=O) groups excluding carboxylic acids is 1. The lowest BCUT2D eigenvalue weighted by Gasteiger charge is -2.15. The molecule has 3 aromatic rings. The average Bonchev–Trinajstić information content (AvgIpc) is 3.35. The summed E-state index contributed by atoms with van der Waals surface area (Å²) in [4.78, 5) is 18.9. The summed E-state index contributed by atoms with van der Waals surface area (Å²) in [5, 5.41) is 4.10. The van der Waals surface area contributed by atoms with Gasteiger partial charge in [-0.25, -0.2) is 0 Å². The molecule has 1 saturated heterocycles. The van der Waals surface area contributed by atoms with Crippen LogP contribution in [0.2, 0.25) is 0 Å². The third-order valence-electron chi connectivity index (χ3n) is 5.22. The predicted octanol–water partition coefficient (Wildman–Crippen LogP) is 4.00. The fourth-order valence-corrected chi connectivity index (χ4v) is 3.56. The molecule has 6 nitrogen and oxygen atoms in total. The van der Waals surface area contributed by atoms with Gasteiger partial charge in [0.25, 0.3) is 0 Å². The van der Waals surface area contributed by atoms with Crippen molar-refractivity contribution in [3.8, 4) is 17.1 Å². The largest absolute Gasteiger partial charge is 0.494 e. The Balaban J connectivity index is 1.38. The van der Waals surface area contributed by atoms with E-state index >= 15 is 0 Å². The van der Waals surface area contributed by atoms with E-state index < -0.39 is 0 Å². The van der Waals surface area contributed by atoms with Crippen LogP contribution >= 0.6 is 0 Å².